The largest absolute Gasteiger partial charge is 0.364 e. The first-order valence-corrected chi connectivity index (χ1v) is 7.78. The van der Waals surface area contributed by atoms with Crippen molar-refractivity contribution in [3.05, 3.63) is 59.0 Å². The van der Waals surface area contributed by atoms with Crippen LogP contribution in [0.3, 0.4) is 0 Å². The molecule has 0 saturated heterocycles. The van der Waals surface area contributed by atoms with Crippen LogP contribution >= 0.6 is 0 Å². The summed E-state index contributed by atoms with van der Waals surface area (Å²) in [7, 11) is 0. The highest BCUT2D eigenvalue weighted by atomic mass is 19.1. The van der Waals surface area contributed by atoms with E-state index in [1.165, 1.54) is 12.3 Å². The summed E-state index contributed by atoms with van der Waals surface area (Å²) in [6.07, 6.45) is 2.43. The van der Waals surface area contributed by atoms with E-state index in [0.717, 1.165) is 12.0 Å². The molecule has 4 nitrogen and oxygen atoms in total. The number of aromatic nitrogens is 1. The number of benzene rings is 1. The van der Waals surface area contributed by atoms with Crippen molar-refractivity contribution in [1.82, 2.24) is 10.3 Å². The second-order valence-electron chi connectivity index (χ2n) is 5.56. The van der Waals surface area contributed by atoms with E-state index >= 15 is 0 Å². The fourth-order valence-electron chi connectivity index (χ4n) is 2.14. The van der Waals surface area contributed by atoms with Gasteiger partial charge < -0.3 is 10.6 Å². The summed E-state index contributed by atoms with van der Waals surface area (Å²) in [5.74, 6) is 0.303. The van der Waals surface area contributed by atoms with Crippen LogP contribution in [0, 0.1) is 12.7 Å². The number of carbonyl (C=O) groups excluding carboxylic acids is 1. The molecule has 0 saturated carbocycles. The van der Waals surface area contributed by atoms with Gasteiger partial charge in [0.05, 0.1) is 11.6 Å². The minimum absolute atomic E-state index is 0.0858. The Bertz CT molecular complexity index is 670. The molecular weight excluding hydrogens is 293 g/mol. The first-order valence-electron chi connectivity index (χ1n) is 7.78. The van der Waals surface area contributed by atoms with Crippen molar-refractivity contribution in [2.24, 2.45) is 0 Å². The van der Waals surface area contributed by atoms with E-state index in [2.05, 4.69) is 15.6 Å². The highest BCUT2D eigenvalue weighted by Crippen LogP contribution is 2.20. The van der Waals surface area contributed by atoms with Crippen LogP contribution in [0.2, 0.25) is 0 Å². The third kappa shape index (κ3) is 4.52. The molecule has 1 heterocycles. The molecule has 0 aliphatic carbocycles. The van der Waals surface area contributed by atoms with Crippen molar-refractivity contribution >= 4 is 11.7 Å². The van der Waals surface area contributed by atoms with Crippen molar-refractivity contribution in [3.8, 4) is 0 Å². The van der Waals surface area contributed by atoms with Crippen molar-refractivity contribution in [2.75, 3.05) is 11.9 Å². The maximum absolute atomic E-state index is 13.6. The number of amides is 1. The maximum Gasteiger partial charge on any atom is 0.252 e. The summed E-state index contributed by atoms with van der Waals surface area (Å²) in [5.41, 5.74) is 2.00. The molecule has 0 aliphatic rings. The number of pyridine rings is 1. The molecule has 1 unspecified atom stereocenters. The first kappa shape index (κ1) is 16.9. The molecule has 1 atom stereocenters. The van der Waals surface area contributed by atoms with Crippen LogP contribution in [0.25, 0.3) is 0 Å². The van der Waals surface area contributed by atoms with Gasteiger partial charge in [0, 0.05) is 12.7 Å². The minimum atomic E-state index is -0.216. The van der Waals surface area contributed by atoms with Crippen LogP contribution in [-0.2, 0) is 0 Å². The molecule has 1 amide bonds. The molecule has 0 aliphatic heterocycles. The van der Waals surface area contributed by atoms with Crippen molar-refractivity contribution in [3.63, 3.8) is 0 Å². The number of nitrogens with zero attached hydrogens (tertiary/aromatic N) is 1. The molecule has 2 N–H and O–H groups in total. The van der Waals surface area contributed by atoms with Gasteiger partial charge in [0.2, 0.25) is 0 Å². The summed E-state index contributed by atoms with van der Waals surface area (Å²) < 4.78 is 13.6. The van der Waals surface area contributed by atoms with Gasteiger partial charge in [-0.2, -0.15) is 0 Å². The van der Waals surface area contributed by atoms with Crippen LogP contribution < -0.4 is 10.6 Å². The third-order valence-electron chi connectivity index (χ3n) is 3.62. The summed E-state index contributed by atoms with van der Waals surface area (Å²) in [6.45, 7) is 6.32. The van der Waals surface area contributed by atoms with Gasteiger partial charge in [0.25, 0.3) is 5.91 Å². The fourth-order valence-corrected chi connectivity index (χ4v) is 2.14. The van der Waals surface area contributed by atoms with Crippen LogP contribution in [0.1, 0.15) is 47.8 Å². The second-order valence-corrected chi connectivity index (χ2v) is 5.56. The van der Waals surface area contributed by atoms with Gasteiger partial charge in [-0.1, -0.05) is 19.1 Å². The zero-order valence-corrected chi connectivity index (χ0v) is 13.7. The minimum Gasteiger partial charge on any atom is -0.364 e. The van der Waals surface area contributed by atoms with Crippen LogP contribution in [0.5, 0.6) is 0 Å². The lowest BCUT2D eigenvalue weighted by Gasteiger charge is -2.15. The number of hydrogen-bond donors (Lipinski definition) is 2. The van der Waals surface area contributed by atoms with E-state index in [0.29, 0.717) is 23.5 Å². The number of hydrogen-bond acceptors (Lipinski definition) is 3. The van der Waals surface area contributed by atoms with Gasteiger partial charge in [-0.25, -0.2) is 9.37 Å². The van der Waals surface area contributed by atoms with E-state index in [1.807, 2.05) is 19.9 Å². The standard InChI is InChI=1S/C18H22FN3O/c1-4-9-20-18(23)15-7-8-17(21-11-15)22-13(3)14-6-5-12(2)16(19)10-14/h5-8,10-11,13H,4,9H2,1-3H3,(H,20,23)(H,21,22). The van der Waals surface area contributed by atoms with Gasteiger partial charge in [0.15, 0.2) is 0 Å². The number of halogens is 1. The number of nitrogens with one attached hydrogen (secondary N) is 2. The summed E-state index contributed by atoms with van der Waals surface area (Å²) in [6, 6.07) is 8.57. The maximum atomic E-state index is 13.6. The molecule has 1 aromatic carbocycles. The molecule has 1 aromatic heterocycles. The predicted molar refractivity (Wildman–Crippen MR) is 90.0 cm³/mol. The van der Waals surface area contributed by atoms with Gasteiger partial charge in [0.1, 0.15) is 11.6 Å². The molecular formula is C18H22FN3O. The van der Waals surface area contributed by atoms with E-state index in [9.17, 15) is 9.18 Å². The molecule has 5 heteroatoms. The Hall–Kier alpha value is -2.43. The molecule has 23 heavy (non-hydrogen) atoms. The Labute approximate surface area is 136 Å². The molecule has 122 valence electrons. The normalized spacial score (nSPS) is 11.8. The smallest absolute Gasteiger partial charge is 0.252 e. The van der Waals surface area contributed by atoms with Crippen molar-refractivity contribution < 1.29 is 9.18 Å². The predicted octanol–water partition coefficient (Wildman–Crippen LogP) is 3.84. The van der Waals surface area contributed by atoms with Crippen LogP contribution in [-0.4, -0.2) is 17.4 Å². The van der Waals surface area contributed by atoms with E-state index < -0.39 is 0 Å². The SMILES string of the molecule is CCCNC(=O)c1ccc(NC(C)c2ccc(C)c(F)c2)nc1. The van der Waals surface area contributed by atoms with Gasteiger partial charge in [-0.15, -0.1) is 0 Å². The van der Waals surface area contributed by atoms with Gasteiger partial charge in [-0.3, -0.25) is 4.79 Å². The summed E-state index contributed by atoms with van der Waals surface area (Å²) in [4.78, 5) is 16.1. The summed E-state index contributed by atoms with van der Waals surface area (Å²) >= 11 is 0. The number of rotatable bonds is 6. The molecule has 0 radical (unpaired) electrons. The van der Waals surface area contributed by atoms with Gasteiger partial charge in [-0.05, 0) is 49.6 Å². The molecule has 2 aromatic rings. The van der Waals surface area contributed by atoms with Crippen molar-refractivity contribution in [1.29, 1.82) is 0 Å². The van der Waals surface area contributed by atoms with Crippen LogP contribution in [0.15, 0.2) is 36.5 Å². The molecule has 0 fully saturated rings. The Morgan fingerprint density at radius 3 is 2.70 bits per heavy atom. The van der Waals surface area contributed by atoms with E-state index in [4.69, 9.17) is 0 Å². The monoisotopic (exact) mass is 315 g/mol. The average molecular weight is 315 g/mol. The average Bonchev–Trinajstić information content (AvgIpc) is 2.55. The number of anilines is 1. The molecule has 0 bridgehead atoms. The topological polar surface area (TPSA) is 54.0 Å². The Kier molecular flexibility index (Phi) is 5.68. The zero-order valence-electron chi connectivity index (χ0n) is 13.7. The zero-order chi connectivity index (χ0) is 16.8. The van der Waals surface area contributed by atoms with E-state index in [-0.39, 0.29) is 17.8 Å². The highest BCUT2D eigenvalue weighted by Gasteiger charge is 2.10. The fraction of sp³-hybridized carbons (Fsp3) is 0.333. The lowest BCUT2D eigenvalue weighted by Crippen LogP contribution is -2.24. The van der Waals surface area contributed by atoms with Gasteiger partial charge >= 0.3 is 0 Å². The first-order chi connectivity index (χ1) is 11.0. The third-order valence-corrected chi connectivity index (χ3v) is 3.62. The highest BCUT2D eigenvalue weighted by molar-refractivity contribution is 5.94. The Morgan fingerprint density at radius 2 is 2.09 bits per heavy atom. The molecule has 0 spiro atoms. The van der Waals surface area contributed by atoms with Crippen molar-refractivity contribution in [2.45, 2.75) is 33.2 Å². The summed E-state index contributed by atoms with van der Waals surface area (Å²) in [5, 5.41) is 6.01. The lowest BCUT2D eigenvalue weighted by molar-refractivity contribution is 0.0953. The number of aryl methyl sites for hydroxylation is 1. The number of carbonyl (C=O) groups is 1. The Balaban J connectivity index is 2.02. The van der Waals surface area contributed by atoms with E-state index in [1.54, 1.807) is 25.1 Å². The quantitative estimate of drug-likeness (QED) is 0.851. The second kappa shape index (κ2) is 7.72. The lowest BCUT2D eigenvalue weighted by atomic mass is 10.1. The van der Waals surface area contributed by atoms with Crippen LogP contribution in [0.4, 0.5) is 10.2 Å². The Morgan fingerprint density at radius 1 is 1.30 bits per heavy atom. The molecule has 2 rings (SSSR count).